The summed E-state index contributed by atoms with van der Waals surface area (Å²) in [5.41, 5.74) is 1.73. The van der Waals surface area contributed by atoms with E-state index in [2.05, 4.69) is 15.9 Å². The molecule has 2 aromatic carbocycles. The van der Waals surface area contributed by atoms with E-state index < -0.39 is 0 Å². The molecule has 0 aliphatic carbocycles. The first-order valence-corrected chi connectivity index (χ1v) is 7.79. The van der Waals surface area contributed by atoms with Crippen LogP contribution in [0.15, 0.2) is 59.1 Å². The second kappa shape index (κ2) is 7.89. The predicted molar refractivity (Wildman–Crippen MR) is 87.5 cm³/mol. The second-order valence-electron chi connectivity index (χ2n) is 4.98. The minimum atomic E-state index is 0.0926. The van der Waals surface area contributed by atoms with Crippen molar-refractivity contribution >= 4 is 27.5 Å². The molecule has 108 valence electrons. The number of benzene rings is 2. The van der Waals surface area contributed by atoms with Crippen LogP contribution in [0.25, 0.3) is 0 Å². The van der Waals surface area contributed by atoms with Gasteiger partial charge in [-0.1, -0.05) is 58.4 Å². The van der Waals surface area contributed by atoms with Crippen molar-refractivity contribution in [2.75, 3.05) is 0 Å². The molecule has 2 rings (SSSR count). The molecule has 0 saturated heterocycles. The van der Waals surface area contributed by atoms with Crippen molar-refractivity contribution in [2.45, 2.75) is 25.7 Å². The Bertz CT molecular complexity index is 603. The molecule has 3 heteroatoms. The summed E-state index contributed by atoms with van der Waals surface area (Å²) < 4.78 is 0.956. The van der Waals surface area contributed by atoms with Gasteiger partial charge in [0, 0.05) is 29.3 Å². The summed E-state index contributed by atoms with van der Waals surface area (Å²) in [5, 5.41) is 0. The highest BCUT2D eigenvalue weighted by Gasteiger charge is 2.08. The van der Waals surface area contributed by atoms with Crippen LogP contribution < -0.4 is 0 Å². The Hall–Kier alpha value is -1.74. The van der Waals surface area contributed by atoms with Gasteiger partial charge >= 0.3 is 0 Å². The highest BCUT2D eigenvalue weighted by molar-refractivity contribution is 9.10. The van der Waals surface area contributed by atoms with Crippen LogP contribution >= 0.6 is 15.9 Å². The lowest BCUT2D eigenvalue weighted by molar-refractivity contribution is -0.118. The molecular weight excluding hydrogens is 328 g/mol. The molecule has 0 spiro atoms. The van der Waals surface area contributed by atoms with Crippen LogP contribution in [0.1, 0.15) is 35.2 Å². The maximum absolute atomic E-state index is 12.0. The van der Waals surface area contributed by atoms with E-state index in [9.17, 15) is 9.59 Å². The number of ketones is 2. The number of Topliss-reactive ketones (excluding diaryl/α,β-unsaturated/α-hetero) is 2. The fraction of sp³-hybridized carbons (Fsp3) is 0.222. The van der Waals surface area contributed by atoms with Crippen molar-refractivity contribution in [3.8, 4) is 0 Å². The quantitative estimate of drug-likeness (QED) is 0.687. The molecule has 2 nitrogen and oxygen atoms in total. The Balaban J connectivity index is 1.75. The van der Waals surface area contributed by atoms with Crippen molar-refractivity contribution in [1.82, 2.24) is 0 Å². The van der Waals surface area contributed by atoms with Gasteiger partial charge in [0.2, 0.25) is 0 Å². The van der Waals surface area contributed by atoms with E-state index in [1.807, 2.05) is 42.5 Å². The van der Waals surface area contributed by atoms with Gasteiger partial charge in [0.25, 0.3) is 0 Å². The molecule has 0 saturated carbocycles. The first kappa shape index (κ1) is 15.6. The van der Waals surface area contributed by atoms with Gasteiger partial charge in [-0.3, -0.25) is 9.59 Å². The van der Waals surface area contributed by atoms with E-state index in [4.69, 9.17) is 0 Å². The van der Waals surface area contributed by atoms with Crippen LogP contribution in [0.4, 0.5) is 0 Å². The maximum Gasteiger partial charge on any atom is 0.162 e. The van der Waals surface area contributed by atoms with Crippen LogP contribution in [-0.2, 0) is 11.2 Å². The minimum absolute atomic E-state index is 0.0926. The first-order chi connectivity index (χ1) is 10.1. The summed E-state index contributed by atoms with van der Waals surface area (Å²) in [6.45, 7) is 0. The number of halogens is 1. The third kappa shape index (κ3) is 5.27. The number of hydrogen-bond acceptors (Lipinski definition) is 2. The van der Waals surface area contributed by atoms with Crippen LogP contribution in [-0.4, -0.2) is 11.6 Å². The smallest absolute Gasteiger partial charge is 0.162 e. The third-order valence-corrected chi connectivity index (χ3v) is 3.80. The van der Waals surface area contributed by atoms with Gasteiger partial charge in [-0.15, -0.1) is 0 Å². The average molecular weight is 345 g/mol. The predicted octanol–water partition coefficient (Wildman–Crippen LogP) is 4.61. The van der Waals surface area contributed by atoms with E-state index in [-0.39, 0.29) is 11.6 Å². The van der Waals surface area contributed by atoms with Gasteiger partial charge < -0.3 is 0 Å². The monoisotopic (exact) mass is 344 g/mol. The van der Waals surface area contributed by atoms with E-state index >= 15 is 0 Å². The third-order valence-electron chi connectivity index (χ3n) is 3.27. The second-order valence-corrected chi connectivity index (χ2v) is 5.90. The van der Waals surface area contributed by atoms with Gasteiger partial charge in [0.05, 0.1) is 0 Å². The number of rotatable bonds is 7. The summed E-state index contributed by atoms with van der Waals surface area (Å²) >= 11 is 3.34. The van der Waals surface area contributed by atoms with Crippen LogP contribution in [0.3, 0.4) is 0 Å². The van der Waals surface area contributed by atoms with E-state index in [0.29, 0.717) is 31.2 Å². The fourth-order valence-corrected chi connectivity index (χ4v) is 2.40. The Labute approximate surface area is 133 Å². The van der Waals surface area contributed by atoms with Crippen molar-refractivity contribution in [3.63, 3.8) is 0 Å². The van der Waals surface area contributed by atoms with Crippen molar-refractivity contribution in [3.05, 3.63) is 70.2 Å². The molecular formula is C18H17BrO2. The van der Waals surface area contributed by atoms with Gasteiger partial charge in [0.1, 0.15) is 5.78 Å². The topological polar surface area (TPSA) is 34.1 Å². The van der Waals surface area contributed by atoms with Crippen molar-refractivity contribution in [2.24, 2.45) is 0 Å². The molecule has 0 aliphatic heterocycles. The summed E-state index contributed by atoms with van der Waals surface area (Å²) in [5.74, 6) is 0.278. The van der Waals surface area contributed by atoms with E-state index in [0.717, 1.165) is 10.0 Å². The Morgan fingerprint density at radius 1 is 0.857 bits per heavy atom. The van der Waals surface area contributed by atoms with Crippen LogP contribution in [0.5, 0.6) is 0 Å². The zero-order valence-corrected chi connectivity index (χ0v) is 13.3. The lowest BCUT2D eigenvalue weighted by Gasteiger charge is -2.02. The fourth-order valence-electron chi connectivity index (χ4n) is 2.14. The molecule has 0 bridgehead atoms. The van der Waals surface area contributed by atoms with Crippen LogP contribution in [0, 0.1) is 0 Å². The molecule has 0 heterocycles. The van der Waals surface area contributed by atoms with Crippen LogP contribution in [0.2, 0.25) is 0 Å². The lowest BCUT2D eigenvalue weighted by Crippen LogP contribution is -2.05. The summed E-state index contributed by atoms with van der Waals surface area (Å²) in [6.07, 6.45) is 1.94. The van der Waals surface area contributed by atoms with Gasteiger partial charge in [0.15, 0.2) is 5.78 Å². The largest absolute Gasteiger partial charge is 0.299 e. The standard InChI is InChI=1S/C18H17BrO2/c19-16-11-9-15(10-12-16)18(21)8-4-7-17(20)13-14-5-2-1-3-6-14/h1-3,5-6,9-12H,4,7-8,13H2. The Morgan fingerprint density at radius 2 is 1.52 bits per heavy atom. The average Bonchev–Trinajstić information content (AvgIpc) is 2.49. The van der Waals surface area contributed by atoms with Gasteiger partial charge in [-0.05, 0) is 24.1 Å². The SMILES string of the molecule is O=C(CCCC(=O)c1ccc(Br)cc1)Cc1ccccc1. The number of hydrogen-bond donors (Lipinski definition) is 0. The zero-order chi connectivity index (χ0) is 15.1. The van der Waals surface area contributed by atoms with Crippen molar-refractivity contribution in [1.29, 1.82) is 0 Å². The molecule has 0 unspecified atom stereocenters. The molecule has 0 amide bonds. The summed E-state index contributed by atoms with van der Waals surface area (Å²) in [4.78, 5) is 23.8. The molecule has 2 aromatic rings. The normalized spacial score (nSPS) is 10.3. The highest BCUT2D eigenvalue weighted by atomic mass is 79.9. The highest BCUT2D eigenvalue weighted by Crippen LogP contribution is 2.13. The molecule has 0 fully saturated rings. The summed E-state index contributed by atoms with van der Waals surface area (Å²) in [6, 6.07) is 17.0. The van der Waals surface area contributed by atoms with E-state index in [1.54, 1.807) is 12.1 Å². The number of carbonyl (C=O) groups is 2. The molecule has 0 N–H and O–H groups in total. The first-order valence-electron chi connectivity index (χ1n) is 6.99. The molecule has 0 aromatic heterocycles. The van der Waals surface area contributed by atoms with Crippen molar-refractivity contribution < 1.29 is 9.59 Å². The summed E-state index contributed by atoms with van der Waals surface area (Å²) in [7, 11) is 0. The molecule has 0 radical (unpaired) electrons. The van der Waals surface area contributed by atoms with E-state index in [1.165, 1.54) is 0 Å². The number of carbonyl (C=O) groups excluding carboxylic acids is 2. The Morgan fingerprint density at radius 3 is 2.19 bits per heavy atom. The molecule has 0 aliphatic rings. The molecule has 0 atom stereocenters. The molecule has 21 heavy (non-hydrogen) atoms. The Kier molecular flexibility index (Phi) is 5.88. The van der Waals surface area contributed by atoms with Gasteiger partial charge in [-0.2, -0.15) is 0 Å². The lowest BCUT2D eigenvalue weighted by atomic mass is 10.0. The van der Waals surface area contributed by atoms with Gasteiger partial charge in [-0.25, -0.2) is 0 Å². The minimum Gasteiger partial charge on any atom is -0.299 e. The maximum atomic E-state index is 12.0. The zero-order valence-electron chi connectivity index (χ0n) is 11.7.